The molecule has 1 aliphatic carbocycles. The Bertz CT molecular complexity index is 8650. The largest absolute Gasteiger partial charge is 0.497 e. The highest BCUT2D eigenvalue weighted by atomic mass is 19.1. The van der Waals surface area contributed by atoms with Gasteiger partial charge in [-0.15, -0.1) is 0 Å². The molecule has 0 atom stereocenters. The first-order valence-electron chi connectivity index (χ1n) is 46.7. The third-order valence-corrected chi connectivity index (χ3v) is 26.6. The molecular weight excluding hydrogens is 1700 g/mol. The monoisotopic (exact) mass is 1790 g/mol. The van der Waals surface area contributed by atoms with E-state index >= 15 is 0 Å². The SMILES string of the molecule is COc1ccc(-c2ccc(N(c3ccc(-c4ccccc4)cc3)c3ccc4c(c3)c3ccccc3n4-c3ccccc3)cc2)cc1.Fc1cc(F)cc(N(c2ccc(-c3ccccc3)cc2)c2ccc3c(c2)c2ccccc2n3-c2ccccc2)c1.N#Cc1ccc(-c2ccc(N(c3ccc(-c4ccc5c(c4)c4ccccc4n5-c4ccccc4)cc3)c3ccc4c(c3)Cc3ccccc3-4)cc2)cc1. The van der Waals surface area contributed by atoms with E-state index < -0.39 is 11.6 Å². The molecule has 0 amide bonds. The molecule has 0 aliphatic heterocycles. The molecule has 3 aromatic heterocycles. The Morgan fingerprint density at radius 1 is 0.223 bits per heavy atom. The summed E-state index contributed by atoms with van der Waals surface area (Å²) in [7, 11) is 1.70. The summed E-state index contributed by atoms with van der Waals surface area (Å²) in [6.07, 6.45) is 0.937. The van der Waals surface area contributed by atoms with E-state index in [-0.39, 0.29) is 0 Å². The molecule has 24 aromatic rings. The lowest BCUT2D eigenvalue weighted by Gasteiger charge is -2.26. The average molecular weight is 1790 g/mol. The van der Waals surface area contributed by atoms with Gasteiger partial charge in [0, 0.05) is 101 Å². The molecule has 0 radical (unpaired) electrons. The normalized spacial score (nSPS) is 11.4. The van der Waals surface area contributed by atoms with Crippen molar-refractivity contribution < 1.29 is 13.5 Å². The van der Waals surface area contributed by atoms with Gasteiger partial charge in [-0.25, -0.2) is 8.78 Å². The number of hydrogen-bond acceptors (Lipinski definition) is 5. The Morgan fingerprint density at radius 2 is 0.504 bits per heavy atom. The molecule has 139 heavy (non-hydrogen) atoms. The summed E-state index contributed by atoms with van der Waals surface area (Å²) in [6, 6.07) is 179. The molecule has 1 aliphatic rings. The summed E-state index contributed by atoms with van der Waals surface area (Å²) in [4.78, 5) is 6.60. The molecular formula is C129H89F2N7O. The van der Waals surface area contributed by atoms with Crippen molar-refractivity contribution in [3.63, 3.8) is 0 Å². The number of nitriles is 1. The first-order chi connectivity index (χ1) is 68.6. The van der Waals surface area contributed by atoms with Gasteiger partial charge in [-0.1, -0.05) is 291 Å². The van der Waals surface area contributed by atoms with E-state index in [0.29, 0.717) is 11.3 Å². The molecule has 0 unspecified atom stereocenters. The van der Waals surface area contributed by atoms with E-state index in [2.05, 4.69) is 406 Å². The van der Waals surface area contributed by atoms with Crippen molar-refractivity contribution in [2.75, 3.05) is 21.8 Å². The fraction of sp³-hybridized carbons (Fsp3) is 0.0155. The molecule has 3 heterocycles. The van der Waals surface area contributed by atoms with E-state index in [1.54, 1.807) is 7.11 Å². The quantitative estimate of drug-likeness (QED) is 0.0857. The Hall–Kier alpha value is -18.4. The zero-order valence-corrected chi connectivity index (χ0v) is 76.0. The predicted molar refractivity (Wildman–Crippen MR) is 573 cm³/mol. The number of para-hydroxylation sites is 6. The van der Waals surface area contributed by atoms with Gasteiger partial charge in [0.25, 0.3) is 0 Å². The van der Waals surface area contributed by atoms with Gasteiger partial charge in [0.05, 0.1) is 57.5 Å². The van der Waals surface area contributed by atoms with Crippen LogP contribution >= 0.6 is 0 Å². The van der Waals surface area contributed by atoms with Crippen molar-refractivity contribution in [1.82, 2.24) is 13.7 Å². The minimum absolute atomic E-state index is 0.413. The number of anilines is 9. The van der Waals surface area contributed by atoms with Crippen molar-refractivity contribution in [1.29, 1.82) is 5.26 Å². The zero-order chi connectivity index (χ0) is 93.2. The van der Waals surface area contributed by atoms with Gasteiger partial charge in [-0.2, -0.15) is 5.26 Å². The van der Waals surface area contributed by atoms with Crippen LogP contribution in [0.4, 0.5) is 60.0 Å². The Morgan fingerprint density at radius 3 is 0.899 bits per heavy atom. The first-order valence-corrected chi connectivity index (χ1v) is 46.7. The number of hydrogen-bond donors (Lipinski definition) is 0. The number of benzene rings is 21. The van der Waals surface area contributed by atoms with Gasteiger partial charge < -0.3 is 33.1 Å². The summed E-state index contributed by atoms with van der Waals surface area (Å²) >= 11 is 0. The number of fused-ring (bicyclic) bond motifs is 12. The number of methoxy groups -OCH3 is 1. The smallest absolute Gasteiger partial charge is 0.128 e. The van der Waals surface area contributed by atoms with Crippen LogP contribution in [0.3, 0.4) is 0 Å². The molecule has 25 rings (SSSR count). The highest BCUT2D eigenvalue weighted by molar-refractivity contribution is 6.13. The maximum Gasteiger partial charge on any atom is 0.128 e. The molecule has 660 valence electrons. The van der Waals surface area contributed by atoms with Crippen LogP contribution in [0.15, 0.2) is 510 Å². The number of nitrogens with zero attached hydrogens (tertiary/aromatic N) is 7. The third kappa shape index (κ3) is 16.6. The van der Waals surface area contributed by atoms with Gasteiger partial charge in [0.15, 0.2) is 0 Å². The van der Waals surface area contributed by atoms with E-state index in [1.807, 2.05) is 120 Å². The van der Waals surface area contributed by atoms with Gasteiger partial charge in [0.1, 0.15) is 17.4 Å². The van der Waals surface area contributed by atoms with E-state index in [1.165, 1.54) is 100 Å². The summed E-state index contributed by atoms with van der Waals surface area (Å²) in [6.45, 7) is 0. The predicted octanol–water partition coefficient (Wildman–Crippen LogP) is 34.8. The van der Waals surface area contributed by atoms with Crippen molar-refractivity contribution >= 4 is 117 Å². The van der Waals surface area contributed by atoms with Crippen LogP contribution in [0.25, 0.3) is 149 Å². The van der Waals surface area contributed by atoms with Crippen LogP contribution in [-0.2, 0) is 6.42 Å². The van der Waals surface area contributed by atoms with Crippen LogP contribution < -0.4 is 19.4 Å². The first kappa shape index (κ1) is 84.8. The molecule has 0 saturated carbocycles. The number of halogens is 2. The third-order valence-electron chi connectivity index (χ3n) is 26.6. The van der Waals surface area contributed by atoms with Crippen LogP contribution in [0.2, 0.25) is 0 Å². The summed E-state index contributed by atoms with van der Waals surface area (Å²) in [5.41, 5.74) is 36.5. The lowest BCUT2D eigenvalue weighted by atomic mass is 10.0. The van der Waals surface area contributed by atoms with Gasteiger partial charge in [-0.05, 0) is 297 Å². The standard InChI is InChI=1S/C50H33N3.C43H32N2O.C36H24F2N2/c51-33-34-14-16-35(17-15-34)36-18-23-42(24-19-36)52(44-27-28-46-40(31-44)30-39-8-4-5-11-45(39)46)43-25-20-37(21-26-43)38-22-29-50-48(32-38)47-12-6-7-13-49(47)53(50)41-9-2-1-3-10-41;1-46-39-27-20-34(21-28-39)33-18-24-37(25-19-33)44(36-22-16-32(17-23-36)31-10-4-2-5-11-31)38-26-29-43-41(30-38)40-14-8-9-15-42(40)45(43)35-12-6-3-7-13-35;37-27-21-28(38)23-32(22-27)39(30-17-15-26(16-18-30)25-9-3-1-4-10-25)31-19-20-36-34(24-31)33-13-7-8-14-35(33)40(36)29-11-5-2-6-12-29/h1-29,31-32H,30H2;2-30H,1H3;1-24H. The molecule has 0 N–H and O–H groups in total. The van der Waals surface area contributed by atoms with E-state index in [9.17, 15) is 14.0 Å². The summed E-state index contributed by atoms with van der Waals surface area (Å²) in [5, 5.41) is 16.4. The van der Waals surface area contributed by atoms with Gasteiger partial charge >= 0.3 is 0 Å². The fourth-order valence-electron chi connectivity index (χ4n) is 20.0. The van der Waals surface area contributed by atoms with Crippen LogP contribution in [0, 0.1) is 23.0 Å². The highest BCUT2D eigenvalue weighted by Gasteiger charge is 2.26. The second-order valence-electron chi connectivity index (χ2n) is 34.9. The topological polar surface area (TPSA) is 57.5 Å². The molecule has 21 aromatic carbocycles. The average Bonchev–Trinajstić information content (AvgIpc) is 1.60. The Labute approximate surface area is 805 Å². The minimum Gasteiger partial charge on any atom is -0.497 e. The van der Waals surface area contributed by atoms with E-state index in [0.717, 1.165) is 136 Å². The lowest BCUT2D eigenvalue weighted by Crippen LogP contribution is -2.10. The molecule has 0 fully saturated rings. The van der Waals surface area contributed by atoms with Crippen molar-refractivity contribution in [3.8, 4) is 95.6 Å². The lowest BCUT2D eigenvalue weighted by molar-refractivity contribution is 0.415. The Balaban J connectivity index is 0.000000118. The van der Waals surface area contributed by atoms with Crippen molar-refractivity contribution in [2.45, 2.75) is 6.42 Å². The number of aromatic nitrogens is 3. The van der Waals surface area contributed by atoms with Gasteiger partial charge in [-0.3, -0.25) is 0 Å². The van der Waals surface area contributed by atoms with Crippen molar-refractivity contribution in [2.24, 2.45) is 0 Å². The maximum atomic E-state index is 14.5. The van der Waals surface area contributed by atoms with Crippen LogP contribution in [0.1, 0.15) is 16.7 Å². The molecule has 0 bridgehead atoms. The fourth-order valence-corrected chi connectivity index (χ4v) is 20.0. The zero-order valence-electron chi connectivity index (χ0n) is 76.0. The summed E-state index contributed by atoms with van der Waals surface area (Å²) < 4.78 is 41.3. The van der Waals surface area contributed by atoms with Crippen molar-refractivity contribution in [3.05, 3.63) is 538 Å². The number of ether oxygens (including phenoxy) is 1. The molecule has 0 saturated heterocycles. The van der Waals surface area contributed by atoms with E-state index in [4.69, 9.17) is 4.74 Å². The minimum atomic E-state index is -0.623. The second kappa shape index (κ2) is 37.2. The number of rotatable bonds is 18. The molecule has 0 spiro atoms. The molecule has 10 heteroatoms. The Kier molecular flexibility index (Phi) is 22.7. The van der Waals surface area contributed by atoms with Crippen LogP contribution in [-0.4, -0.2) is 20.8 Å². The van der Waals surface area contributed by atoms with Crippen LogP contribution in [0.5, 0.6) is 5.75 Å². The maximum absolute atomic E-state index is 14.5. The van der Waals surface area contributed by atoms with Gasteiger partial charge in [0.2, 0.25) is 0 Å². The summed E-state index contributed by atoms with van der Waals surface area (Å²) in [5.74, 6) is -0.389. The highest BCUT2D eigenvalue weighted by Crippen LogP contribution is 2.48. The second-order valence-corrected chi connectivity index (χ2v) is 34.9. The molecule has 8 nitrogen and oxygen atoms in total.